The largest absolute Gasteiger partial charge is 0.342 e. The monoisotopic (exact) mass is 513 g/mol. The molecule has 6 heteroatoms. The molecule has 2 aliphatic carbocycles. The smallest absolute Gasteiger partial charge is 0.258 e. The van der Waals surface area contributed by atoms with Gasteiger partial charge in [-0.25, -0.2) is 4.98 Å². The Hall–Kier alpha value is -2.86. The Morgan fingerprint density at radius 3 is 2.38 bits per heavy atom. The van der Waals surface area contributed by atoms with Crippen LogP contribution in [0.5, 0.6) is 0 Å². The van der Waals surface area contributed by atoms with Crippen molar-refractivity contribution in [2.75, 3.05) is 18.8 Å². The Balaban J connectivity index is 1.46. The van der Waals surface area contributed by atoms with Gasteiger partial charge in [-0.2, -0.15) is 0 Å². The summed E-state index contributed by atoms with van der Waals surface area (Å²) >= 11 is 1.43. The van der Waals surface area contributed by atoms with Gasteiger partial charge in [-0.1, -0.05) is 85.6 Å². The van der Waals surface area contributed by atoms with E-state index in [0.29, 0.717) is 17.5 Å². The van der Waals surface area contributed by atoms with Crippen molar-refractivity contribution in [3.05, 3.63) is 81.6 Å². The van der Waals surface area contributed by atoms with E-state index < -0.39 is 0 Å². The van der Waals surface area contributed by atoms with Crippen LogP contribution in [-0.4, -0.2) is 39.2 Å². The Morgan fingerprint density at radius 1 is 0.892 bits per heavy atom. The van der Waals surface area contributed by atoms with Crippen molar-refractivity contribution in [2.24, 2.45) is 0 Å². The van der Waals surface area contributed by atoms with Gasteiger partial charge in [-0.15, -0.1) is 0 Å². The topological polar surface area (TPSA) is 55.2 Å². The van der Waals surface area contributed by atoms with E-state index in [9.17, 15) is 9.59 Å². The van der Waals surface area contributed by atoms with Crippen molar-refractivity contribution in [3.63, 3.8) is 0 Å². The van der Waals surface area contributed by atoms with Crippen molar-refractivity contribution in [1.82, 2.24) is 14.5 Å². The number of hydrogen-bond donors (Lipinski definition) is 0. The van der Waals surface area contributed by atoms with Crippen molar-refractivity contribution < 1.29 is 4.79 Å². The van der Waals surface area contributed by atoms with Crippen molar-refractivity contribution in [1.29, 1.82) is 0 Å². The molecule has 1 aliphatic heterocycles. The third-order valence-corrected chi connectivity index (χ3v) is 9.45. The van der Waals surface area contributed by atoms with Crippen LogP contribution in [0.3, 0.4) is 0 Å². The molecule has 6 rings (SSSR count). The minimum atomic E-state index is -0.142. The molecule has 0 N–H and O–H groups in total. The number of benzene rings is 2. The minimum absolute atomic E-state index is 0.0816. The zero-order valence-electron chi connectivity index (χ0n) is 21.5. The molecule has 1 saturated carbocycles. The number of aromatic nitrogens is 2. The minimum Gasteiger partial charge on any atom is -0.342 e. The van der Waals surface area contributed by atoms with Gasteiger partial charge in [0.2, 0.25) is 5.91 Å². The van der Waals surface area contributed by atoms with Crippen molar-refractivity contribution in [3.8, 4) is 11.3 Å². The van der Waals surface area contributed by atoms with Crippen LogP contribution >= 0.6 is 11.8 Å². The molecule has 1 amide bonds. The average Bonchev–Trinajstić information content (AvgIpc) is 2.94. The molecule has 1 aromatic heterocycles. The van der Waals surface area contributed by atoms with E-state index in [2.05, 4.69) is 30.3 Å². The predicted octanol–water partition coefficient (Wildman–Crippen LogP) is 5.82. The normalized spacial score (nSPS) is 18.3. The molecule has 3 aromatic rings. The number of thioether (sulfide) groups is 1. The lowest BCUT2D eigenvalue weighted by Gasteiger charge is -2.42. The van der Waals surface area contributed by atoms with E-state index >= 15 is 0 Å². The molecule has 0 radical (unpaired) electrons. The molecule has 192 valence electrons. The van der Waals surface area contributed by atoms with Crippen molar-refractivity contribution >= 4 is 17.7 Å². The van der Waals surface area contributed by atoms with Gasteiger partial charge in [0.15, 0.2) is 5.16 Å². The lowest BCUT2D eigenvalue weighted by atomic mass is 9.62. The van der Waals surface area contributed by atoms with Crippen molar-refractivity contribution in [2.45, 2.75) is 74.9 Å². The molecule has 0 atom stereocenters. The number of rotatable bonds is 5. The first-order valence-electron chi connectivity index (χ1n) is 13.8. The quantitative estimate of drug-likeness (QED) is 0.319. The number of fused-ring (bicyclic) bond motifs is 4. The van der Waals surface area contributed by atoms with Crippen LogP contribution in [-0.2, 0) is 23.2 Å². The number of nitrogens with zero attached hydrogens (tertiary/aromatic N) is 3. The van der Waals surface area contributed by atoms with E-state index in [4.69, 9.17) is 4.98 Å². The summed E-state index contributed by atoms with van der Waals surface area (Å²) in [6.45, 7) is 2.14. The fourth-order valence-electron chi connectivity index (χ4n) is 6.60. The lowest BCUT2D eigenvalue weighted by Crippen LogP contribution is -2.43. The van der Waals surface area contributed by atoms with Crippen LogP contribution in [0.25, 0.3) is 11.3 Å². The summed E-state index contributed by atoms with van der Waals surface area (Å²) in [5, 5.41) is 0.653. The van der Waals surface area contributed by atoms with Crippen LogP contribution in [0.1, 0.15) is 68.1 Å². The summed E-state index contributed by atoms with van der Waals surface area (Å²) in [7, 11) is 0. The molecule has 5 nitrogen and oxygen atoms in total. The Bertz CT molecular complexity index is 1340. The zero-order valence-corrected chi connectivity index (χ0v) is 22.3. The summed E-state index contributed by atoms with van der Waals surface area (Å²) in [6, 6.07) is 18.6. The molecule has 0 unspecified atom stereocenters. The van der Waals surface area contributed by atoms with E-state index in [1.54, 1.807) is 0 Å². The van der Waals surface area contributed by atoms with Gasteiger partial charge in [0.05, 0.1) is 23.6 Å². The third kappa shape index (κ3) is 4.76. The molecule has 1 spiro atoms. The maximum atomic E-state index is 14.5. The Labute approximate surface area is 223 Å². The zero-order chi connectivity index (χ0) is 25.2. The number of carbonyl (C=O) groups is 1. The van der Waals surface area contributed by atoms with Crippen LogP contribution in [0.2, 0.25) is 0 Å². The second-order valence-corrected chi connectivity index (χ2v) is 11.8. The van der Waals surface area contributed by atoms with Gasteiger partial charge >= 0.3 is 0 Å². The first-order chi connectivity index (χ1) is 18.1. The van der Waals surface area contributed by atoms with Gasteiger partial charge in [0, 0.05) is 24.1 Å². The molecular weight excluding hydrogens is 478 g/mol. The molecule has 0 bridgehead atoms. The number of likely N-dealkylation sites (tertiary alicyclic amines) is 1. The fourth-order valence-corrected chi connectivity index (χ4v) is 7.49. The lowest BCUT2D eigenvalue weighted by molar-refractivity contribution is -0.129. The molecule has 1 saturated heterocycles. The molecule has 3 aliphatic rings. The van der Waals surface area contributed by atoms with Crippen LogP contribution < -0.4 is 5.56 Å². The Morgan fingerprint density at radius 2 is 1.59 bits per heavy atom. The summed E-state index contributed by atoms with van der Waals surface area (Å²) < 4.78 is 1.85. The fraction of sp³-hybridized carbons (Fsp3) is 0.452. The second-order valence-electron chi connectivity index (χ2n) is 10.9. The van der Waals surface area contributed by atoms with Crippen LogP contribution in [0.4, 0.5) is 0 Å². The average molecular weight is 514 g/mol. The van der Waals surface area contributed by atoms with Crippen LogP contribution in [0, 0.1) is 0 Å². The standard InChI is InChI=1S/C31H35N3O2S/c35-26(33-18-10-3-11-19-33)22-37-30-32-28-25-15-7-6-14-24(25)20-31(16-8-2-9-17-31)27(28)29(36)34(30)21-23-12-4-1-5-13-23/h1,4-7,12-15H,2-3,8-11,16-22H2. The predicted molar refractivity (Wildman–Crippen MR) is 149 cm³/mol. The van der Waals surface area contributed by atoms with Gasteiger partial charge in [-0.3, -0.25) is 14.2 Å². The highest BCUT2D eigenvalue weighted by Crippen LogP contribution is 2.48. The van der Waals surface area contributed by atoms with E-state index in [0.717, 1.165) is 80.4 Å². The number of piperidine rings is 1. The van der Waals surface area contributed by atoms with Gasteiger partial charge in [0.25, 0.3) is 5.56 Å². The molecular formula is C31H35N3O2S. The highest BCUT2D eigenvalue weighted by Gasteiger charge is 2.43. The summed E-state index contributed by atoms with van der Waals surface area (Å²) in [6.07, 6.45) is 9.88. The number of amides is 1. The molecule has 37 heavy (non-hydrogen) atoms. The Kier molecular flexibility index (Phi) is 6.94. The number of carbonyl (C=O) groups excluding carboxylic acids is 1. The first kappa shape index (κ1) is 24.5. The summed E-state index contributed by atoms with van der Waals surface area (Å²) in [4.78, 5) is 34.7. The summed E-state index contributed by atoms with van der Waals surface area (Å²) in [5.41, 5.74) is 5.16. The molecule has 2 fully saturated rings. The highest BCUT2D eigenvalue weighted by atomic mass is 32.2. The van der Waals surface area contributed by atoms with Gasteiger partial charge in [-0.05, 0) is 49.7 Å². The van der Waals surface area contributed by atoms with Gasteiger partial charge < -0.3 is 4.90 Å². The maximum Gasteiger partial charge on any atom is 0.258 e. The SMILES string of the molecule is O=C(CSc1nc2c(c(=O)n1Cc1ccccc1)C1(CCCCC1)Cc1ccccc1-2)N1CCCCC1. The summed E-state index contributed by atoms with van der Waals surface area (Å²) in [5.74, 6) is 0.458. The highest BCUT2D eigenvalue weighted by molar-refractivity contribution is 7.99. The maximum absolute atomic E-state index is 14.5. The van der Waals surface area contributed by atoms with E-state index in [-0.39, 0.29) is 16.9 Å². The second kappa shape index (κ2) is 10.5. The first-order valence-corrected chi connectivity index (χ1v) is 14.8. The van der Waals surface area contributed by atoms with Gasteiger partial charge in [0.1, 0.15) is 0 Å². The van der Waals surface area contributed by atoms with E-state index in [1.807, 2.05) is 33.7 Å². The van der Waals surface area contributed by atoms with E-state index in [1.165, 1.54) is 30.2 Å². The van der Waals surface area contributed by atoms with Crippen LogP contribution in [0.15, 0.2) is 64.5 Å². The molecule has 2 heterocycles. The third-order valence-electron chi connectivity index (χ3n) is 8.49. The number of hydrogen-bond acceptors (Lipinski definition) is 4. The molecule has 2 aromatic carbocycles.